The normalized spacial score (nSPS) is 23.2. The zero-order valence-corrected chi connectivity index (χ0v) is 17.7. The highest BCUT2D eigenvalue weighted by molar-refractivity contribution is 7.89. The first-order valence-electron chi connectivity index (χ1n) is 10.8. The topological polar surface area (TPSA) is 40.6 Å². The van der Waals surface area contributed by atoms with Crippen molar-refractivity contribution in [3.63, 3.8) is 0 Å². The van der Waals surface area contributed by atoms with E-state index in [4.69, 9.17) is 0 Å². The van der Waals surface area contributed by atoms with Gasteiger partial charge in [0, 0.05) is 18.0 Å². The van der Waals surface area contributed by atoms with E-state index in [9.17, 15) is 8.42 Å². The second-order valence-corrected chi connectivity index (χ2v) is 10.4. The molecule has 1 atom stereocenters. The van der Waals surface area contributed by atoms with E-state index in [1.54, 1.807) is 6.07 Å². The Morgan fingerprint density at radius 2 is 1.68 bits per heavy atom. The highest BCUT2D eigenvalue weighted by Gasteiger charge is 2.34. The summed E-state index contributed by atoms with van der Waals surface area (Å²) in [6.07, 6.45) is 6.54. The van der Waals surface area contributed by atoms with Crippen molar-refractivity contribution in [2.24, 2.45) is 5.92 Å². The Morgan fingerprint density at radius 1 is 0.929 bits per heavy atom. The maximum Gasteiger partial charge on any atom is 0.243 e. The van der Waals surface area contributed by atoms with Gasteiger partial charge in [0.05, 0.1) is 4.90 Å². The Bertz CT molecular complexity index is 898. The van der Waals surface area contributed by atoms with Gasteiger partial charge < -0.3 is 4.90 Å². The average molecular weight is 401 g/mol. The highest BCUT2D eigenvalue weighted by Crippen LogP contribution is 2.31. The van der Waals surface area contributed by atoms with Crippen LogP contribution in [0.15, 0.2) is 47.4 Å². The summed E-state index contributed by atoms with van der Waals surface area (Å²) >= 11 is 0. The zero-order valence-electron chi connectivity index (χ0n) is 16.9. The molecule has 5 heteroatoms. The molecule has 0 N–H and O–H groups in total. The summed E-state index contributed by atoms with van der Waals surface area (Å²) in [5.41, 5.74) is 0. The molecule has 0 unspecified atom stereocenters. The van der Waals surface area contributed by atoms with Gasteiger partial charge in [0.25, 0.3) is 0 Å². The van der Waals surface area contributed by atoms with Crippen molar-refractivity contribution in [3.05, 3.63) is 42.5 Å². The Hall–Kier alpha value is -1.43. The molecule has 0 spiro atoms. The second-order valence-electron chi connectivity index (χ2n) is 8.56. The Labute approximate surface area is 169 Å². The van der Waals surface area contributed by atoms with E-state index in [0.717, 1.165) is 62.0 Å². The lowest BCUT2D eigenvalue weighted by molar-refractivity contribution is 0.162. The maximum absolute atomic E-state index is 13.6. The van der Waals surface area contributed by atoms with Gasteiger partial charge in [-0.3, -0.25) is 0 Å². The first-order valence-corrected chi connectivity index (χ1v) is 12.2. The number of hydrogen-bond donors (Lipinski definition) is 0. The van der Waals surface area contributed by atoms with Crippen LogP contribution >= 0.6 is 0 Å². The Morgan fingerprint density at radius 3 is 2.50 bits per heavy atom. The van der Waals surface area contributed by atoms with Crippen molar-refractivity contribution in [2.45, 2.75) is 56.4 Å². The molecule has 2 aliphatic heterocycles. The van der Waals surface area contributed by atoms with E-state index in [2.05, 4.69) is 11.8 Å². The van der Waals surface area contributed by atoms with Crippen molar-refractivity contribution >= 4 is 20.8 Å². The number of sulfonamides is 1. The van der Waals surface area contributed by atoms with E-state index in [0.29, 0.717) is 11.4 Å². The second kappa shape index (κ2) is 8.52. The summed E-state index contributed by atoms with van der Waals surface area (Å²) in [7, 11) is -3.48. The third kappa shape index (κ3) is 4.12. The van der Waals surface area contributed by atoms with Crippen LogP contribution in [0, 0.1) is 5.92 Å². The molecular formula is C23H32N2O2S. The van der Waals surface area contributed by atoms with Gasteiger partial charge in [-0.1, -0.05) is 49.7 Å². The van der Waals surface area contributed by atoms with Gasteiger partial charge in [0.1, 0.15) is 0 Å². The highest BCUT2D eigenvalue weighted by atomic mass is 32.2. The molecular weight excluding hydrogens is 368 g/mol. The standard InChI is InChI=1S/C23H32N2O2S/c1-19-12-16-24(17-13-19)18-14-21-9-4-5-15-25(21)28(26,27)23-11-6-8-20-7-2-3-10-22(20)23/h2-3,6-8,10-11,19,21H,4-5,9,12-18H2,1H3/t21-/m0/s1. The SMILES string of the molecule is CC1CCN(CC[C@@H]2CCCCN2S(=O)(=O)c2cccc3ccccc23)CC1. The van der Waals surface area contributed by atoms with Crippen molar-refractivity contribution in [1.82, 2.24) is 9.21 Å². The van der Waals surface area contributed by atoms with E-state index in [-0.39, 0.29) is 6.04 Å². The molecule has 2 fully saturated rings. The van der Waals surface area contributed by atoms with Gasteiger partial charge in [0.2, 0.25) is 10.0 Å². The predicted octanol–water partition coefficient (Wildman–Crippen LogP) is 4.51. The average Bonchev–Trinajstić information content (AvgIpc) is 2.73. The van der Waals surface area contributed by atoms with Crippen LogP contribution in [0.25, 0.3) is 10.8 Å². The molecule has 2 heterocycles. The van der Waals surface area contributed by atoms with Crippen LogP contribution < -0.4 is 0 Å². The molecule has 2 aliphatic rings. The van der Waals surface area contributed by atoms with E-state index in [1.165, 1.54) is 12.8 Å². The lowest BCUT2D eigenvalue weighted by Gasteiger charge is -2.37. The number of hydrogen-bond acceptors (Lipinski definition) is 3. The Kier molecular flexibility index (Phi) is 6.04. The first kappa shape index (κ1) is 19.9. The monoisotopic (exact) mass is 400 g/mol. The van der Waals surface area contributed by atoms with Crippen molar-refractivity contribution < 1.29 is 8.42 Å². The number of rotatable bonds is 5. The molecule has 0 aromatic heterocycles. The lowest BCUT2D eigenvalue weighted by atomic mass is 9.98. The first-order chi connectivity index (χ1) is 13.6. The van der Waals surface area contributed by atoms with Gasteiger partial charge in [0.15, 0.2) is 0 Å². The van der Waals surface area contributed by atoms with Crippen molar-refractivity contribution in [1.29, 1.82) is 0 Å². The quantitative estimate of drug-likeness (QED) is 0.742. The van der Waals surface area contributed by atoms with E-state index < -0.39 is 10.0 Å². The summed E-state index contributed by atoms with van der Waals surface area (Å²) < 4.78 is 29.0. The molecule has 28 heavy (non-hydrogen) atoms. The van der Waals surface area contributed by atoms with Crippen LogP contribution in [0.3, 0.4) is 0 Å². The summed E-state index contributed by atoms with van der Waals surface area (Å²) in [4.78, 5) is 2.99. The number of likely N-dealkylation sites (tertiary alicyclic amines) is 1. The van der Waals surface area contributed by atoms with E-state index >= 15 is 0 Å². The minimum absolute atomic E-state index is 0.122. The predicted molar refractivity (Wildman–Crippen MR) is 115 cm³/mol. The lowest BCUT2D eigenvalue weighted by Crippen LogP contribution is -2.45. The Balaban J connectivity index is 1.54. The molecule has 2 aromatic carbocycles. The van der Waals surface area contributed by atoms with Crippen LogP contribution in [0.4, 0.5) is 0 Å². The fourth-order valence-electron chi connectivity index (χ4n) is 4.74. The van der Waals surface area contributed by atoms with Crippen LogP contribution in [0.1, 0.15) is 45.4 Å². The van der Waals surface area contributed by atoms with Gasteiger partial charge in [-0.25, -0.2) is 8.42 Å². The fraction of sp³-hybridized carbons (Fsp3) is 0.565. The molecule has 0 saturated carbocycles. The van der Waals surface area contributed by atoms with Crippen LogP contribution in [0.5, 0.6) is 0 Å². The fourth-order valence-corrected chi connectivity index (χ4v) is 6.68. The van der Waals surface area contributed by atoms with Gasteiger partial charge in [-0.2, -0.15) is 4.31 Å². The minimum atomic E-state index is -3.48. The van der Waals surface area contributed by atoms with Gasteiger partial charge in [-0.15, -0.1) is 0 Å². The number of benzene rings is 2. The molecule has 0 amide bonds. The van der Waals surface area contributed by atoms with E-state index in [1.807, 2.05) is 40.7 Å². The summed E-state index contributed by atoms with van der Waals surface area (Å²) in [5.74, 6) is 0.828. The summed E-state index contributed by atoms with van der Waals surface area (Å²) in [6, 6.07) is 13.5. The molecule has 0 radical (unpaired) electrons. The molecule has 4 rings (SSSR count). The molecule has 4 nitrogen and oxygen atoms in total. The zero-order chi connectivity index (χ0) is 19.6. The molecule has 2 aromatic rings. The molecule has 2 saturated heterocycles. The van der Waals surface area contributed by atoms with Crippen LogP contribution in [-0.4, -0.2) is 49.8 Å². The molecule has 0 bridgehead atoms. The molecule has 152 valence electrons. The van der Waals surface area contributed by atoms with Gasteiger partial charge >= 0.3 is 0 Å². The third-order valence-electron chi connectivity index (χ3n) is 6.56. The van der Waals surface area contributed by atoms with Crippen LogP contribution in [-0.2, 0) is 10.0 Å². The smallest absolute Gasteiger partial charge is 0.243 e. The largest absolute Gasteiger partial charge is 0.303 e. The summed E-state index contributed by atoms with van der Waals surface area (Å²) in [5, 5.41) is 1.82. The number of piperidine rings is 2. The maximum atomic E-state index is 13.6. The summed E-state index contributed by atoms with van der Waals surface area (Å²) in [6.45, 7) is 6.30. The third-order valence-corrected chi connectivity index (χ3v) is 8.57. The number of nitrogens with zero attached hydrogens (tertiary/aromatic N) is 2. The van der Waals surface area contributed by atoms with Crippen LogP contribution in [0.2, 0.25) is 0 Å². The molecule has 0 aliphatic carbocycles. The van der Waals surface area contributed by atoms with Crippen molar-refractivity contribution in [3.8, 4) is 0 Å². The number of fused-ring (bicyclic) bond motifs is 1. The minimum Gasteiger partial charge on any atom is -0.303 e. The van der Waals surface area contributed by atoms with Crippen molar-refractivity contribution in [2.75, 3.05) is 26.2 Å². The van der Waals surface area contributed by atoms with Gasteiger partial charge in [-0.05, 0) is 69.1 Å².